The minimum atomic E-state index is -1.17. The SMILES string of the molecule is CC(=O)c1cn(CCC(F)Cn2cc(C(C)=O)nn2)nn1. The highest BCUT2D eigenvalue weighted by molar-refractivity contribution is 5.91. The normalized spacial score (nSPS) is 12.3. The van der Waals surface area contributed by atoms with Crippen molar-refractivity contribution in [1.82, 2.24) is 30.0 Å². The summed E-state index contributed by atoms with van der Waals surface area (Å²) in [7, 11) is 0. The maximum Gasteiger partial charge on any atom is 0.181 e. The third-order valence-corrected chi connectivity index (χ3v) is 2.86. The molecule has 2 rings (SSSR count). The molecule has 2 aromatic heterocycles. The molecule has 8 nitrogen and oxygen atoms in total. The Bertz CT molecular complexity index is 650. The van der Waals surface area contributed by atoms with Crippen LogP contribution >= 0.6 is 0 Å². The van der Waals surface area contributed by atoms with Crippen LogP contribution in [0.1, 0.15) is 41.2 Å². The number of aromatic nitrogens is 6. The first-order chi connectivity index (χ1) is 9.95. The zero-order valence-corrected chi connectivity index (χ0v) is 11.7. The molecule has 9 heteroatoms. The molecule has 0 aliphatic carbocycles. The van der Waals surface area contributed by atoms with E-state index in [1.807, 2.05) is 0 Å². The number of aryl methyl sites for hydroxylation is 1. The lowest BCUT2D eigenvalue weighted by Gasteiger charge is -2.07. The third kappa shape index (κ3) is 4.01. The van der Waals surface area contributed by atoms with Crippen molar-refractivity contribution in [3.8, 4) is 0 Å². The average Bonchev–Trinajstić information content (AvgIpc) is 3.05. The van der Waals surface area contributed by atoms with Crippen LogP contribution in [0.3, 0.4) is 0 Å². The number of carbonyl (C=O) groups excluding carboxylic acids is 2. The molecule has 0 aliphatic heterocycles. The fourth-order valence-electron chi connectivity index (χ4n) is 1.68. The van der Waals surface area contributed by atoms with Gasteiger partial charge in [0.1, 0.15) is 17.6 Å². The molecule has 1 atom stereocenters. The van der Waals surface area contributed by atoms with Crippen LogP contribution < -0.4 is 0 Å². The second-order valence-corrected chi connectivity index (χ2v) is 4.69. The quantitative estimate of drug-likeness (QED) is 0.698. The Hall–Kier alpha value is -2.45. The van der Waals surface area contributed by atoms with Crippen LogP contribution in [0, 0.1) is 0 Å². The lowest BCUT2D eigenvalue weighted by Crippen LogP contribution is -2.15. The van der Waals surface area contributed by atoms with E-state index in [1.54, 1.807) is 0 Å². The van der Waals surface area contributed by atoms with Gasteiger partial charge in [-0.05, 0) is 0 Å². The molecule has 0 amide bonds. The summed E-state index contributed by atoms with van der Waals surface area (Å²) in [6, 6.07) is 0. The Balaban J connectivity index is 1.84. The number of alkyl halides is 1. The van der Waals surface area contributed by atoms with Crippen molar-refractivity contribution >= 4 is 11.6 Å². The van der Waals surface area contributed by atoms with Crippen LogP contribution in [0.25, 0.3) is 0 Å². The molecule has 0 fully saturated rings. The van der Waals surface area contributed by atoms with Gasteiger partial charge in [-0.3, -0.25) is 14.3 Å². The minimum absolute atomic E-state index is 0.00847. The lowest BCUT2D eigenvalue weighted by molar-refractivity contribution is 0.1000. The molecule has 1 unspecified atom stereocenters. The average molecular weight is 294 g/mol. The van der Waals surface area contributed by atoms with Gasteiger partial charge in [-0.2, -0.15) is 0 Å². The second kappa shape index (κ2) is 6.33. The van der Waals surface area contributed by atoms with E-state index in [9.17, 15) is 14.0 Å². The fourth-order valence-corrected chi connectivity index (χ4v) is 1.68. The molecule has 0 saturated carbocycles. The van der Waals surface area contributed by atoms with Crippen LogP contribution in [0.4, 0.5) is 4.39 Å². The largest absolute Gasteiger partial charge is 0.293 e. The van der Waals surface area contributed by atoms with E-state index in [-0.39, 0.29) is 35.9 Å². The smallest absolute Gasteiger partial charge is 0.181 e. The van der Waals surface area contributed by atoms with E-state index >= 15 is 0 Å². The van der Waals surface area contributed by atoms with Crippen molar-refractivity contribution in [3.63, 3.8) is 0 Å². The number of halogens is 1. The van der Waals surface area contributed by atoms with E-state index in [0.717, 1.165) is 0 Å². The summed E-state index contributed by atoms with van der Waals surface area (Å²) in [4.78, 5) is 22.1. The van der Waals surface area contributed by atoms with Gasteiger partial charge in [0.15, 0.2) is 11.6 Å². The monoisotopic (exact) mass is 294 g/mol. The van der Waals surface area contributed by atoms with Crippen LogP contribution in [0.2, 0.25) is 0 Å². The van der Waals surface area contributed by atoms with E-state index in [2.05, 4.69) is 20.6 Å². The Labute approximate surface area is 119 Å². The number of carbonyl (C=O) groups is 2. The van der Waals surface area contributed by atoms with Crippen molar-refractivity contribution < 1.29 is 14.0 Å². The molecule has 0 saturated heterocycles. The predicted molar refractivity (Wildman–Crippen MR) is 69.6 cm³/mol. The zero-order chi connectivity index (χ0) is 15.4. The van der Waals surface area contributed by atoms with Gasteiger partial charge in [0, 0.05) is 26.8 Å². The standard InChI is InChI=1S/C12H15FN6O2/c1-8(20)11-6-18(16-14-11)4-3-10(13)5-19-7-12(9(2)21)15-17-19/h6-7,10H,3-5H2,1-2H3. The molecule has 112 valence electrons. The summed E-state index contributed by atoms with van der Waals surface area (Å²) in [6.45, 7) is 3.08. The number of hydrogen-bond donors (Lipinski definition) is 0. The van der Waals surface area contributed by atoms with Gasteiger partial charge in [0.05, 0.1) is 18.9 Å². The van der Waals surface area contributed by atoms with E-state index in [0.29, 0.717) is 6.54 Å². The van der Waals surface area contributed by atoms with Gasteiger partial charge in [0.25, 0.3) is 0 Å². The van der Waals surface area contributed by atoms with Crippen molar-refractivity contribution in [1.29, 1.82) is 0 Å². The summed E-state index contributed by atoms with van der Waals surface area (Å²) in [5.74, 6) is -0.395. The van der Waals surface area contributed by atoms with Gasteiger partial charge in [-0.25, -0.2) is 9.07 Å². The molecule has 2 aromatic rings. The van der Waals surface area contributed by atoms with Crippen molar-refractivity contribution in [2.75, 3.05) is 0 Å². The topological polar surface area (TPSA) is 95.6 Å². The number of ketones is 2. The molecule has 0 aliphatic rings. The maximum atomic E-state index is 13.8. The Kier molecular flexibility index (Phi) is 4.51. The van der Waals surface area contributed by atoms with Crippen LogP contribution in [-0.4, -0.2) is 47.7 Å². The van der Waals surface area contributed by atoms with Gasteiger partial charge in [-0.15, -0.1) is 10.2 Å². The van der Waals surface area contributed by atoms with Gasteiger partial charge >= 0.3 is 0 Å². The summed E-state index contributed by atoms with van der Waals surface area (Å²) < 4.78 is 16.6. The Morgan fingerprint density at radius 2 is 1.62 bits per heavy atom. The zero-order valence-electron chi connectivity index (χ0n) is 11.7. The van der Waals surface area contributed by atoms with Gasteiger partial charge in [-0.1, -0.05) is 10.4 Å². The first-order valence-corrected chi connectivity index (χ1v) is 6.42. The number of hydrogen-bond acceptors (Lipinski definition) is 6. The van der Waals surface area contributed by atoms with Crippen molar-refractivity contribution in [2.24, 2.45) is 0 Å². The first kappa shape index (κ1) is 14.9. The molecular formula is C12H15FN6O2. The highest BCUT2D eigenvalue weighted by Gasteiger charge is 2.12. The summed E-state index contributed by atoms with van der Waals surface area (Å²) in [5, 5.41) is 14.7. The van der Waals surface area contributed by atoms with Gasteiger partial charge in [0.2, 0.25) is 0 Å². The molecule has 0 radical (unpaired) electrons. The molecule has 0 N–H and O–H groups in total. The number of nitrogens with zero attached hydrogens (tertiary/aromatic N) is 6. The highest BCUT2D eigenvalue weighted by Crippen LogP contribution is 2.05. The fraction of sp³-hybridized carbons (Fsp3) is 0.500. The maximum absolute atomic E-state index is 13.8. The van der Waals surface area contributed by atoms with E-state index < -0.39 is 6.17 Å². The van der Waals surface area contributed by atoms with Gasteiger partial charge < -0.3 is 0 Å². The molecule has 0 aromatic carbocycles. The minimum Gasteiger partial charge on any atom is -0.293 e. The Morgan fingerprint density at radius 3 is 2.14 bits per heavy atom. The number of Topliss-reactive ketones (excluding diaryl/α,β-unsaturated/α-hetero) is 2. The molecule has 0 spiro atoms. The van der Waals surface area contributed by atoms with Crippen molar-refractivity contribution in [3.05, 3.63) is 23.8 Å². The van der Waals surface area contributed by atoms with E-state index in [1.165, 1.54) is 35.6 Å². The molecule has 21 heavy (non-hydrogen) atoms. The predicted octanol–water partition coefficient (Wildman–Crippen LogP) is 0.703. The highest BCUT2D eigenvalue weighted by atomic mass is 19.1. The summed E-state index contributed by atoms with van der Waals surface area (Å²) >= 11 is 0. The molecule has 0 bridgehead atoms. The molecule has 2 heterocycles. The first-order valence-electron chi connectivity index (χ1n) is 6.42. The van der Waals surface area contributed by atoms with Crippen molar-refractivity contribution in [2.45, 2.75) is 39.5 Å². The number of rotatable bonds is 7. The second-order valence-electron chi connectivity index (χ2n) is 4.69. The third-order valence-electron chi connectivity index (χ3n) is 2.86. The van der Waals surface area contributed by atoms with Crippen LogP contribution in [0.15, 0.2) is 12.4 Å². The Morgan fingerprint density at radius 1 is 1.10 bits per heavy atom. The summed E-state index contributed by atoms with van der Waals surface area (Å²) in [6.07, 6.45) is 1.92. The lowest BCUT2D eigenvalue weighted by atomic mass is 10.2. The van der Waals surface area contributed by atoms with Crippen LogP contribution in [-0.2, 0) is 13.1 Å². The summed E-state index contributed by atoms with van der Waals surface area (Å²) in [5.41, 5.74) is 0.470. The van der Waals surface area contributed by atoms with Crippen LogP contribution in [0.5, 0.6) is 0 Å². The van der Waals surface area contributed by atoms with E-state index in [4.69, 9.17) is 0 Å². The molecular weight excluding hydrogens is 279 g/mol.